The van der Waals surface area contributed by atoms with Gasteiger partial charge in [0.1, 0.15) is 12.3 Å². The summed E-state index contributed by atoms with van der Waals surface area (Å²) < 4.78 is 17.7. The summed E-state index contributed by atoms with van der Waals surface area (Å²) in [6.07, 6.45) is 2.63. The van der Waals surface area contributed by atoms with Gasteiger partial charge in [0, 0.05) is 23.6 Å². The molecule has 0 saturated carbocycles. The molecule has 3 aromatic rings. The first-order valence-corrected chi connectivity index (χ1v) is 8.75. The number of hydrogen-bond acceptors (Lipinski definition) is 4. The molecule has 27 heavy (non-hydrogen) atoms. The highest BCUT2D eigenvalue weighted by Gasteiger charge is 2.08. The van der Waals surface area contributed by atoms with E-state index in [-0.39, 0.29) is 12.5 Å². The van der Waals surface area contributed by atoms with Crippen molar-refractivity contribution in [3.63, 3.8) is 0 Å². The molecule has 0 aliphatic heterocycles. The van der Waals surface area contributed by atoms with Crippen LogP contribution in [0.15, 0.2) is 48.7 Å². The lowest BCUT2D eigenvalue weighted by Crippen LogP contribution is -2.29. The van der Waals surface area contributed by atoms with E-state index in [1.807, 2.05) is 53.2 Å². The molecular weight excluding hydrogens is 344 g/mol. The predicted molar refractivity (Wildman–Crippen MR) is 105 cm³/mol. The van der Waals surface area contributed by atoms with Crippen LogP contribution in [-0.4, -0.2) is 38.3 Å². The third-order valence-electron chi connectivity index (χ3n) is 4.48. The van der Waals surface area contributed by atoms with Crippen LogP contribution in [0.25, 0.3) is 10.9 Å². The van der Waals surface area contributed by atoms with Gasteiger partial charge in [0.2, 0.25) is 5.91 Å². The first-order valence-electron chi connectivity index (χ1n) is 8.75. The van der Waals surface area contributed by atoms with E-state index >= 15 is 0 Å². The fraction of sp³-hybridized carbons (Fsp3) is 0.286. The number of ether oxygens (including phenoxy) is 3. The number of amides is 1. The maximum atomic E-state index is 12.3. The molecule has 0 aliphatic rings. The summed E-state index contributed by atoms with van der Waals surface area (Å²) in [5, 5.41) is 4.01. The van der Waals surface area contributed by atoms with Gasteiger partial charge in [-0.2, -0.15) is 0 Å². The van der Waals surface area contributed by atoms with Crippen LogP contribution in [0.4, 0.5) is 0 Å². The van der Waals surface area contributed by atoms with Crippen molar-refractivity contribution in [2.45, 2.75) is 13.0 Å². The van der Waals surface area contributed by atoms with E-state index in [4.69, 9.17) is 14.2 Å². The summed E-state index contributed by atoms with van der Waals surface area (Å²) >= 11 is 0. The molecule has 6 nitrogen and oxygen atoms in total. The van der Waals surface area contributed by atoms with Gasteiger partial charge in [0.05, 0.1) is 21.3 Å². The molecule has 142 valence electrons. The van der Waals surface area contributed by atoms with Crippen molar-refractivity contribution in [2.75, 3.05) is 27.9 Å². The molecule has 0 saturated heterocycles. The molecule has 3 rings (SSSR count). The minimum atomic E-state index is -0.0243. The number of nitrogens with zero attached hydrogens (tertiary/aromatic N) is 1. The van der Waals surface area contributed by atoms with Crippen LogP contribution >= 0.6 is 0 Å². The van der Waals surface area contributed by atoms with E-state index in [0.29, 0.717) is 18.0 Å². The first kappa shape index (κ1) is 18.6. The maximum absolute atomic E-state index is 12.3. The molecule has 1 N–H and O–H groups in total. The molecule has 6 heteroatoms. The van der Waals surface area contributed by atoms with Crippen molar-refractivity contribution in [1.29, 1.82) is 0 Å². The number of benzene rings is 2. The monoisotopic (exact) mass is 368 g/mol. The Morgan fingerprint density at radius 3 is 2.52 bits per heavy atom. The van der Waals surface area contributed by atoms with Gasteiger partial charge in [-0.3, -0.25) is 4.79 Å². The fourth-order valence-corrected chi connectivity index (χ4v) is 3.04. The molecule has 1 heterocycles. The number of hydrogen-bond donors (Lipinski definition) is 1. The maximum Gasteiger partial charge on any atom is 0.239 e. The molecule has 0 bridgehead atoms. The summed E-state index contributed by atoms with van der Waals surface area (Å²) in [7, 11) is 4.86. The van der Waals surface area contributed by atoms with Crippen LogP contribution in [0.2, 0.25) is 0 Å². The number of nitrogens with one attached hydrogen (secondary N) is 1. The minimum Gasteiger partial charge on any atom is -0.497 e. The van der Waals surface area contributed by atoms with Crippen LogP contribution < -0.4 is 19.5 Å². The number of methoxy groups -OCH3 is 3. The van der Waals surface area contributed by atoms with Crippen molar-refractivity contribution in [3.05, 3.63) is 54.2 Å². The van der Waals surface area contributed by atoms with E-state index < -0.39 is 0 Å². The smallest absolute Gasteiger partial charge is 0.239 e. The molecule has 1 aromatic heterocycles. The van der Waals surface area contributed by atoms with Crippen molar-refractivity contribution >= 4 is 16.8 Å². The minimum absolute atomic E-state index is 0.0243. The van der Waals surface area contributed by atoms with Gasteiger partial charge in [-0.15, -0.1) is 0 Å². The first-order chi connectivity index (χ1) is 13.1. The zero-order chi connectivity index (χ0) is 19.2. The Labute approximate surface area is 158 Å². The predicted octanol–water partition coefficient (Wildman–Crippen LogP) is 3.03. The third-order valence-corrected chi connectivity index (χ3v) is 4.48. The Balaban J connectivity index is 1.56. The van der Waals surface area contributed by atoms with Gasteiger partial charge < -0.3 is 24.1 Å². The van der Waals surface area contributed by atoms with Gasteiger partial charge in [0.15, 0.2) is 11.5 Å². The quantitative estimate of drug-likeness (QED) is 0.664. The van der Waals surface area contributed by atoms with Crippen molar-refractivity contribution in [1.82, 2.24) is 9.88 Å². The highest BCUT2D eigenvalue weighted by atomic mass is 16.5. The summed E-state index contributed by atoms with van der Waals surface area (Å²) in [6.45, 7) is 0.836. The average Bonchev–Trinajstić information content (AvgIpc) is 3.09. The van der Waals surface area contributed by atoms with Gasteiger partial charge in [-0.05, 0) is 48.4 Å². The molecule has 0 aliphatic carbocycles. The normalized spacial score (nSPS) is 10.6. The topological polar surface area (TPSA) is 61.7 Å². The van der Waals surface area contributed by atoms with Crippen LogP contribution in [0.3, 0.4) is 0 Å². The Morgan fingerprint density at radius 2 is 1.78 bits per heavy atom. The van der Waals surface area contributed by atoms with Gasteiger partial charge in [-0.25, -0.2) is 0 Å². The highest BCUT2D eigenvalue weighted by molar-refractivity contribution is 5.84. The molecule has 0 atom stereocenters. The number of carbonyl (C=O) groups excluding carboxylic acids is 1. The van der Waals surface area contributed by atoms with Gasteiger partial charge >= 0.3 is 0 Å². The number of rotatable bonds is 8. The van der Waals surface area contributed by atoms with E-state index in [1.54, 1.807) is 21.3 Å². The molecule has 2 aromatic carbocycles. The number of aromatic nitrogens is 1. The van der Waals surface area contributed by atoms with E-state index in [1.165, 1.54) is 0 Å². The van der Waals surface area contributed by atoms with Crippen LogP contribution in [0, 0.1) is 0 Å². The number of fused-ring (bicyclic) bond motifs is 1. The van der Waals surface area contributed by atoms with Crippen LogP contribution in [-0.2, 0) is 17.8 Å². The van der Waals surface area contributed by atoms with E-state index in [2.05, 4.69) is 5.32 Å². The molecule has 0 spiro atoms. The average molecular weight is 368 g/mol. The summed E-state index contributed by atoms with van der Waals surface area (Å²) in [4.78, 5) is 12.3. The second-order valence-electron chi connectivity index (χ2n) is 6.16. The van der Waals surface area contributed by atoms with E-state index in [0.717, 1.165) is 28.6 Å². The third kappa shape index (κ3) is 4.34. The largest absolute Gasteiger partial charge is 0.497 e. The van der Waals surface area contributed by atoms with Gasteiger partial charge in [0.25, 0.3) is 0 Å². The number of carbonyl (C=O) groups is 1. The summed E-state index contributed by atoms with van der Waals surface area (Å²) in [6, 6.07) is 13.6. The molecule has 0 radical (unpaired) electrons. The Kier molecular flexibility index (Phi) is 5.86. The highest BCUT2D eigenvalue weighted by Crippen LogP contribution is 2.27. The molecule has 0 unspecified atom stereocenters. The van der Waals surface area contributed by atoms with Crippen molar-refractivity contribution < 1.29 is 19.0 Å². The fourth-order valence-electron chi connectivity index (χ4n) is 3.04. The van der Waals surface area contributed by atoms with Gasteiger partial charge in [-0.1, -0.05) is 6.07 Å². The Hall–Kier alpha value is -3.15. The van der Waals surface area contributed by atoms with Crippen LogP contribution in [0.1, 0.15) is 5.56 Å². The Morgan fingerprint density at radius 1 is 0.963 bits per heavy atom. The van der Waals surface area contributed by atoms with Crippen molar-refractivity contribution in [3.8, 4) is 17.2 Å². The second-order valence-corrected chi connectivity index (χ2v) is 6.16. The Bertz CT molecular complexity index is 933. The standard InChI is InChI=1S/C21H24N2O4/c1-25-17-5-6-18-16(13-17)9-11-23(18)14-21(24)22-10-8-15-4-7-19(26-2)20(12-15)27-3/h4-7,9,11-13H,8,10,14H2,1-3H3,(H,22,24). The SMILES string of the molecule is COc1ccc2c(ccn2CC(=O)NCCc2ccc(OC)c(OC)c2)c1. The lowest BCUT2D eigenvalue weighted by molar-refractivity contribution is -0.121. The zero-order valence-corrected chi connectivity index (χ0v) is 15.8. The van der Waals surface area contributed by atoms with Crippen molar-refractivity contribution in [2.24, 2.45) is 0 Å². The zero-order valence-electron chi connectivity index (χ0n) is 15.8. The molecule has 1 amide bonds. The summed E-state index contributed by atoms with van der Waals surface area (Å²) in [5.74, 6) is 2.17. The molecule has 0 fully saturated rings. The molecular formula is C21H24N2O4. The second kappa shape index (κ2) is 8.49. The van der Waals surface area contributed by atoms with Crippen LogP contribution in [0.5, 0.6) is 17.2 Å². The lowest BCUT2D eigenvalue weighted by Gasteiger charge is -2.10. The lowest BCUT2D eigenvalue weighted by atomic mass is 10.1. The summed E-state index contributed by atoms with van der Waals surface area (Å²) in [5.41, 5.74) is 2.08. The van der Waals surface area contributed by atoms with E-state index in [9.17, 15) is 4.79 Å².